The zero-order valence-corrected chi connectivity index (χ0v) is 20.6. The van der Waals surface area contributed by atoms with E-state index in [2.05, 4.69) is 10.9 Å². The monoisotopic (exact) mass is 511 g/mol. The lowest BCUT2D eigenvalue weighted by Gasteiger charge is -2.20. The number of nitrogens with one attached hydrogen (secondary N) is 2. The third-order valence-corrected chi connectivity index (χ3v) is 6.37. The highest BCUT2D eigenvalue weighted by Crippen LogP contribution is 2.40. The van der Waals surface area contributed by atoms with E-state index < -0.39 is 23.8 Å². The van der Waals surface area contributed by atoms with Gasteiger partial charge in [-0.1, -0.05) is 61.0 Å². The molecule has 3 aromatic rings. The summed E-state index contributed by atoms with van der Waals surface area (Å²) in [6.45, 7) is 5.47. The van der Waals surface area contributed by atoms with E-state index in [4.69, 9.17) is 4.84 Å². The number of benzene rings is 3. The van der Waals surface area contributed by atoms with Gasteiger partial charge in [0, 0.05) is 11.6 Å². The van der Waals surface area contributed by atoms with Crippen molar-refractivity contribution in [2.45, 2.75) is 45.5 Å². The van der Waals surface area contributed by atoms with E-state index >= 15 is 0 Å². The second-order valence-electron chi connectivity index (χ2n) is 8.91. The number of halogens is 3. The normalized spacial score (nSPS) is 15.2. The number of carboxylic acids is 1. The summed E-state index contributed by atoms with van der Waals surface area (Å²) in [4.78, 5) is 16.8. The summed E-state index contributed by atoms with van der Waals surface area (Å²) >= 11 is 0. The van der Waals surface area contributed by atoms with Crippen molar-refractivity contribution in [3.05, 3.63) is 95.2 Å². The summed E-state index contributed by atoms with van der Waals surface area (Å²) in [7, 11) is 0. The lowest BCUT2D eigenvalue weighted by Crippen LogP contribution is -2.37. The Balaban J connectivity index is 1.56. The van der Waals surface area contributed by atoms with Crippen molar-refractivity contribution in [1.29, 1.82) is 0 Å². The van der Waals surface area contributed by atoms with Crippen molar-refractivity contribution in [1.82, 2.24) is 10.9 Å². The Hall–Kier alpha value is -3.82. The summed E-state index contributed by atoms with van der Waals surface area (Å²) < 4.78 is 42.0. The average Bonchev–Trinajstić information content (AvgIpc) is 3.37. The molecule has 0 unspecified atom stereocenters. The molecule has 0 saturated carbocycles. The van der Waals surface area contributed by atoms with Crippen LogP contribution in [0.3, 0.4) is 0 Å². The molecule has 0 bridgehead atoms. The minimum Gasteiger partial charge on any atom is -0.480 e. The zero-order chi connectivity index (χ0) is 26.7. The van der Waals surface area contributed by atoms with E-state index in [9.17, 15) is 23.1 Å². The first-order chi connectivity index (χ1) is 17.6. The molecular weight excluding hydrogens is 483 g/mol. The number of aliphatic carboxylic acids is 1. The van der Waals surface area contributed by atoms with Crippen molar-refractivity contribution in [2.75, 3.05) is 5.01 Å². The van der Waals surface area contributed by atoms with Crippen molar-refractivity contribution >= 4 is 17.4 Å². The van der Waals surface area contributed by atoms with Crippen molar-refractivity contribution < 1.29 is 27.9 Å². The molecule has 0 radical (unpaired) electrons. The molecule has 0 spiro atoms. The van der Waals surface area contributed by atoms with Gasteiger partial charge in [0.05, 0.1) is 17.5 Å². The molecule has 1 heterocycles. The van der Waals surface area contributed by atoms with Gasteiger partial charge in [0.15, 0.2) is 5.76 Å². The van der Waals surface area contributed by atoms with Crippen LogP contribution in [0.1, 0.15) is 48.6 Å². The van der Waals surface area contributed by atoms with Gasteiger partial charge in [0.2, 0.25) is 0 Å². The Labute approximate surface area is 213 Å². The third-order valence-electron chi connectivity index (χ3n) is 6.37. The first-order valence-corrected chi connectivity index (χ1v) is 11.9. The molecule has 2 atom stereocenters. The number of hydrogen-bond acceptors (Lipinski definition) is 5. The molecule has 9 heteroatoms. The second kappa shape index (κ2) is 10.7. The standard InChI is InChI=1S/C28H28F3N3O3/c1-4-25(27(35)36)32-18(3)19-9-12-21(13-10-19)34-16-26(37-33-34)20-11-14-23(24(15-20)28(29,30)31)22-8-6-5-7-17(22)2/h5-16,18,25,32-33H,4H2,1-3H3,(H,35,36)/t18-,25+/m1/s1. The average molecular weight is 512 g/mol. The number of aryl methyl sites for hydroxylation is 1. The summed E-state index contributed by atoms with van der Waals surface area (Å²) in [5, 5.41) is 13.9. The molecule has 0 saturated heterocycles. The van der Waals surface area contributed by atoms with Crippen molar-refractivity contribution in [3.63, 3.8) is 0 Å². The second-order valence-corrected chi connectivity index (χ2v) is 8.91. The van der Waals surface area contributed by atoms with Crippen LogP contribution in [-0.4, -0.2) is 17.1 Å². The van der Waals surface area contributed by atoms with Crippen LogP contribution < -0.4 is 15.9 Å². The predicted molar refractivity (Wildman–Crippen MR) is 136 cm³/mol. The summed E-state index contributed by atoms with van der Waals surface area (Å²) in [6.07, 6.45) is -2.50. The Morgan fingerprint density at radius 3 is 2.41 bits per heavy atom. The molecule has 194 valence electrons. The molecule has 6 nitrogen and oxygen atoms in total. The minimum absolute atomic E-state index is 0.115. The quantitative estimate of drug-likeness (QED) is 0.323. The van der Waals surface area contributed by atoms with Gasteiger partial charge in [-0.2, -0.15) is 13.2 Å². The lowest BCUT2D eigenvalue weighted by molar-refractivity contribution is -0.140. The van der Waals surface area contributed by atoms with Crippen LogP contribution in [0.25, 0.3) is 16.9 Å². The Kier molecular flexibility index (Phi) is 7.56. The highest BCUT2D eigenvalue weighted by atomic mass is 19.4. The SMILES string of the molecule is CC[C@H](N[C@H](C)c1ccc(N2C=C(c3ccc(-c4ccccc4C)c(C(F)(F)F)c3)ON2)cc1)C(=O)O. The first kappa shape index (κ1) is 26.2. The van der Waals surface area contributed by atoms with Crippen LogP contribution in [0.4, 0.5) is 18.9 Å². The van der Waals surface area contributed by atoms with E-state index in [1.165, 1.54) is 6.07 Å². The van der Waals surface area contributed by atoms with Crippen molar-refractivity contribution in [3.8, 4) is 11.1 Å². The maximum Gasteiger partial charge on any atom is 0.417 e. The molecular formula is C28H28F3N3O3. The highest BCUT2D eigenvalue weighted by molar-refractivity contribution is 5.75. The molecule has 0 aromatic heterocycles. The molecule has 4 rings (SSSR count). The van der Waals surface area contributed by atoms with Crippen LogP contribution in [-0.2, 0) is 15.8 Å². The third kappa shape index (κ3) is 5.79. The van der Waals surface area contributed by atoms with E-state index in [1.807, 2.05) is 31.2 Å². The Morgan fingerprint density at radius 1 is 1.08 bits per heavy atom. The Morgan fingerprint density at radius 2 is 1.78 bits per heavy atom. The van der Waals surface area contributed by atoms with Gasteiger partial charge in [0.25, 0.3) is 0 Å². The molecule has 0 fully saturated rings. The van der Waals surface area contributed by atoms with Crippen LogP contribution >= 0.6 is 0 Å². The molecule has 0 amide bonds. The fourth-order valence-electron chi connectivity index (χ4n) is 4.26. The fraction of sp³-hybridized carbons (Fsp3) is 0.250. The first-order valence-electron chi connectivity index (χ1n) is 11.9. The van der Waals surface area contributed by atoms with E-state index in [1.54, 1.807) is 55.4 Å². The number of carbonyl (C=O) groups is 1. The molecule has 37 heavy (non-hydrogen) atoms. The van der Waals surface area contributed by atoms with Gasteiger partial charge in [-0.25, -0.2) is 5.01 Å². The summed E-state index contributed by atoms with van der Waals surface area (Å²) in [5.41, 5.74) is 5.25. The number of hydrogen-bond donors (Lipinski definition) is 3. The van der Waals surface area contributed by atoms with Gasteiger partial charge < -0.3 is 9.94 Å². The number of hydrazine groups is 1. The number of nitrogens with zero attached hydrogens (tertiary/aromatic N) is 1. The number of rotatable bonds is 8. The van der Waals surface area contributed by atoms with E-state index in [0.29, 0.717) is 17.7 Å². The molecule has 3 aromatic carbocycles. The molecule has 0 aliphatic carbocycles. The zero-order valence-electron chi connectivity index (χ0n) is 20.6. The van der Waals surface area contributed by atoms with Crippen LogP contribution in [0.5, 0.6) is 0 Å². The van der Waals surface area contributed by atoms with Crippen molar-refractivity contribution in [2.24, 2.45) is 0 Å². The lowest BCUT2D eigenvalue weighted by atomic mass is 9.94. The predicted octanol–water partition coefficient (Wildman–Crippen LogP) is 6.45. The van der Waals surface area contributed by atoms with Crippen LogP contribution in [0.2, 0.25) is 0 Å². The van der Waals surface area contributed by atoms with Crippen LogP contribution in [0.15, 0.2) is 72.9 Å². The fourth-order valence-corrected chi connectivity index (χ4v) is 4.26. The number of alkyl halides is 3. The number of carboxylic acid groups (broad SMARTS) is 1. The van der Waals surface area contributed by atoms with Gasteiger partial charge in [-0.15, -0.1) is 0 Å². The topological polar surface area (TPSA) is 73.8 Å². The van der Waals surface area contributed by atoms with Gasteiger partial charge in [-0.3, -0.25) is 10.1 Å². The largest absolute Gasteiger partial charge is 0.480 e. The maximum atomic E-state index is 14.0. The highest BCUT2D eigenvalue weighted by Gasteiger charge is 2.35. The summed E-state index contributed by atoms with van der Waals surface area (Å²) in [5.74, 6) is -0.657. The van der Waals surface area contributed by atoms with Gasteiger partial charge in [0.1, 0.15) is 6.04 Å². The Bertz CT molecular complexity index is 1310. The summed E-state index contributed by atoms with van der Waals surface area (Å²) in [6, 6.07) is 17.7. The molecule has 1 aliphatic heterocycles. The molecule has 3 N–H and O–H groups in total. The minimum atomic E-state index is -4.54. The van der Waals surface area contributed by atoms with Gasteiger partial charge in [-0.05, 0) is 60.7 Å². The maximum absolute atomic E-state index is 14.0. The molecule has 1 aliphatic rings. The smallest absolute Gasteiger partial charge is 0.417 e. The van der Waals surface area contributed by atoms with E-state index in [-0.39, 0.29) is 22.9 Å². The van der Waals surface area contributed by atoms with Crippen LogP contribution in [0, 0.1) is 6.92 Å². The van der Waals surface area contributed by atoms with E-state index in [0.717, 1.165) is 17.2 Å². The van der Waals surface area contributed by atoms with Gasteiger partial charge >= 0.3 is 12.1 Å². The number of anilines is 1.